The van der Waals surface area contributed by atoms with Crippen molar-refractivity contribution in [3.05, 3.63) is 47.9 Å². The molecule has 2 aliphatic rings. The van der Waals surface area contributed by atoms with Crippen molar-refractivity contribution in [2.24, 2.45) is 11.8 Å². The van der Waals surface area contributed by atoms with Crippen LogP contribution in [0, 0.1) is 18.8 Å². The molecule has 26 heavy (non-hydrogen) atoms. The molecule has 3 atom stereocenters. The normalized spacial score (nSPS) is 26.3. The molecule has 0 amide bonds. The summed E-state index contributed by atoms with van der Waals surface area (Å²) in [5.41, 5.74) is 0.920. The molecule has 0 spiro atoms. The van der Waals surface area contributed by atoms with E-state index in [1.165, 1.54) is 0 Å². The first-order valence-corrected chi connectivity index (χ1v) is 10.3. The van der Waals surface area contributed by atoms with E-state index in [4.69, 9.17) is 9.26 Å². The van der Waals surface area contributed by atoms with Gasteiger partial charge in [-0.15, -0.1) is 0 Å². The lowest BCUT2D eigenvalue weighted by Gasteiger charge is -2.19. The molecule has 4 rings (SSSR count). The molecular formula is C18H23N3O4S. The van der Waals surface area contributed by atoms with Crippen LogP contribution in [-0.4, -0.2) is 50.8 Å². The van der Waals surface area contributed by atoms with Crippen molar-refractivity contribution in [3.8, 4) is 0 Å². The third-order valence-electron chi connectivity index (χ3n) is 5.17. The molecule has 3 heterocycles. The Bertz CT molecular complexity index is 852. The predicted molar refractivity (Wildman–Crippen MR) is 94.9 cm³/mol. The molecule has 1 aromatic heterocycles. The van der Waals surface area contributed by atoms with Gasteiger partial charge in [-0.1, -0.05) is 23.4 Å². The second kappa shape index (κ2) is 7.11. The van der Waals surface area contributed by atoms with Gasteiger partial charge in [0.15, 0.2) is 0 Å². The quantitative estimate of drug-likeness (QED) is 0.819. The molecule has 0 aliphatic carbocycles. The van der Waals surface area contributed by atoms with Crippen molar-refractivity contribution in [2.75, 3.05) is 26.2 Å². The SMILES string of the molecule is Cc1cc(CN2C[C@@H]3[C@@H](CNS(=O)(=O)c4ccccc4)CO[C@@H]3C2)no1. The molecule has 2 aliphatic heterocycles. The van der Waals surface area contributed by atoms with E-state index in [0.717, 1.165) is 31.1 Å². The number of aromatic nitrogens is 1. The fourth-order valence-electron chi connectivity index (χ4n) is 3.84. The van der Waals surface area contributed by atoms with Crippen LogP contribution in [0.2, 0.25) is 0 Å². The highest BCUT2D eigenvalue weighted by molar-refractivity contribution is 7.89. The van der Waals surface area contributed by atoms with Crippen LogP contribution in [0.4, 0.5) is 0 Å². The zero-order valence-electron chi connectivity index (χ0n) is 14.7. The second-order valence-electron chi connectivity index (χ2n) is 7.08. The van der Waals surface area contributed by atoms with Crippen LogP contribution < -0.4 is 4.72 Å². The van der Waals surface area contributed by atoms with E-state index in [-0.39, 0.29) is 12.0 Å². The Balaban J connectivity index is 1.34. The molecule has 2 saturated heterocycles. The number of ether oxygens (including phenoxy) is 1. The fourth-order valence-corrected chi connectivity index (χ4v) is 4.96. The van der Waals surface area contributed by atoms with E-state index in [2.05, 4.69) is 14.8 Å². The highest BCUT2D eigenvalue weighted by Crippen LogP contribution is 2.34. The summed E-state index contributed by atoms with van der Waals surface area (Å²) in [5.74, 6) is 1.33. The van der Waals surface area contributed by atoms with E-state index < -0.39 is 10.0 Å². The topological polar surface area (TPSA) is 84.7 Å². The Labute approximate surface area is 153 Å². The third kappa shape index (κ3) is 3.68. The summed E-state index contributed by atoms with van der Waals surface area (Å²) in [4.78, 5) is 2.59. The van der Waals surface area contributed by atoms with Gasteiger partial charge in [-0.3, -0.25) is 4.90 Å². The van der Waals surface area contributed by atoms with Gasteiger partial charge in [0.1, 0.15) is 5.76 Å². The number of benzene rings is 1. The van der Waals surface area contributed by atoms with Crippen molar-refractivity contribution in [1.82, 2.24) is 14.8 Å². The van der Waals surface area contributed by atoms with Crippen LogP contribution in [0.15, 0.2) is 45.8 Å². The minimum atomic E-state index is -3.48. The lowest BCUT2D eigenvalue weighted by Crippen LogP contribution is -2.34. The molecule has 2 aromatic rings. The van der Waals surface area contributed by atoms with Crippen molar-refractivity contribution in [1.29, 1.82) is 0 Å². The second-order valence-corrected chi connectivity index (χ2v) is 8.85. The molecule has 0 saturated carbocycles. The number of aryl methyl sites for hydroxylation is 1. The molecule has 2 fully saturated rings. The predicted octanol–water partition coefficient (Wildman–Crippen LogP) is 1.41. The van der Waals surface area contributed by atoms with Gasteiger partial charge in [0.25, 0.3) is 0 Å². The minimum Gasteiger partial charge on any atom is -0.376 e. The molecule has 0 unspecified atom stereocenters. The smallest absolute Gasteiger partial charge is 0.240 e. The van der Waals surface area contributed by atoms with E-state index in [0.29, 0.717) is 24.0 Å². The Morgan fingerprint density at radius 3 is 2.81 bits per heavy atom. The van der Waals surface area contributed by atoms with Crippen molar-refractivity contribution in [2.45, 2.75) is 24.5 Å². The number of fused-ring (bicyclic) bond motifs is 1. The number of hydrogen-bond acceptors (Lipinski definition) is 6. The number of likely N-dealkylation sites (tertiary alicyclic amines) is 1. The maximum absolute atomic E-state index is 12.4. The average Bonchev–Trinajstić information content (AvgIpc) is 3.31. The number of rotatable bonds is 6. The Morgan fingerprint density at radius 2 is 2.08 bits per heavy atom. The summed E-state index contributed by atoms with van der Waals surface area (Å²) in [5, 5.41) is 4.05. The molecule has 7 nitrogen and oxygen atoms in total. The number of sulfonamides is 1. The maximum atomic E-state index is 12.4. The van der Waals surface area contributed by atoms with Gasteiger partial charge in [0, 0.05) is 44.1 Å². The van der Waals surface area contributed by atoms with Gasteiger partial charge in [-0.2, -0.15) is 0 Å². The van der Waals surface area contributed by atoms with Crippen LogP contribution in [0.1, 0.15) is 11.5 Å². The summed E-state index contributed by atoms with van der Waals surface area (Å²) >= 11 is 0. The van der Waals surface area contributed by atoms with E-state index in [9.17, 15) is 8.42 Å². The van der Waals surface area contributed by atoms with E-state index in [1.54, 1.807) is 30.3 Å². The van der Waals surface area contributed by atoms with Crippen LogP contribution in [0.5, 0.6) is 0 Å². The van der Waals surface area contributed by atoms with Crippen molar-refractivity contribution < 1.29 is 17.7 Å². The molecule has 0 radical (unpaired) electrons. The summed E-state index contributed by atoms with van der Waals surface area (Å²) in [7, 11) is -3.48. The molecule has 1 aromatic carbocycles. The Kier molecular flexibility index (Phi) is 4.83. The van der Waals surface area contributed by atoms with E-state index in [1.807, 2.05) is 13.0 Å². The summed E-state index contributed by atoms with van der Waals surface area (Å²) in [6, 6.07) is 10.4. The summed E-state index contributed by atoms with van der Waals surface area (Å²) < 4.78 is 38.6. The molecule has 0 bridgehead atoms. The van der Waals surface area contributed by atoms with Crippen LogP contribution in [0.25, 0.3) is 0 Å². The first-order valence-electron chi connectivity index (χ1n) is 8.82. The Hall–Kier alpha value is -1.74. The zero-order chi connectivity index (χ0) is 18.1. The average molecular weight is 377 g/mol. The van der Waals surface area contributed by atoms with Gasteiger partial charge in [0.05, 0.1) is 23.3 Å². The maximum Gasteiger partial charge on any atom is 0.240 e. The van der Waals surface area contributed by atoms with Gasteiger partial charge in [-0.25, -0.2) is 13.1 Å². The summed E-state index contributed by atoms with van der Waals surface area (Å²) in [6.45, 7) is 5.34. The Morgan fingerprint density at radius 1 is 1.27 bits per heavy atom. The van der Waals surface area contributed by atoms with Crippen LogP contribution in [0.3, 0.4) is 0 Å². The van der Waals surface area contributed by atoms with Crippen molar-refractivity contribution in [3.63, 3.8) is 0 Å². The largest absolute Gasteiger partial charge is 0.376 e. The zero-order valence-corrected chi connectivity index (χ0v) is 15.5. The lowest BCUT2D eigenvalue weighted by atomic mass is 9.93. The molecule has 140 valence electrons. The fraction of sp³-hybridized carbons (Fsp3) is 0.500. The molecule has 8 heteroatoms. The number of nitrogens with zero attached hydrogens (tertiary/aromatic N) is 2. The van der Waals surface area contributed by atoms with Gasteiger partial charge >= 0.3 is 0 Å². The first kappa shape index (κ1) is 17.7. The van der Waals surface area contributed by atoms with Crippen LogP contribution in [-0.2, 0) is 21.3 Å². The molecule has 1 N–H and O–H groups in total. The first-order chi connectivity index (χ1) is 12.5. The van der Waals surface area contributed by atoms with Gasteiger partial charge < -0.3 is 9.26 Å². The van der Waals surface area contributed by atoms with Gasteiger partial charge in [-0.05, 0) is 19.1 Å². The molecular weight excluding hydrogens is 354 g/mol. The van der Waals surface area contributed by atoms with Crippen LogP contribution >= 0.6 is 0 Å². The summed E-state index contributed by atoms with van der Waals surface area (Å²) in [6.07, 6.45) is 0.161. The number of nitrogens with one attached hydrogen (secondary N) is 1. The van der Waals surface area contributed by atoms with Crippen molar-refractivity contribution >= 4 is 10.0 Å². The lowest BCUT2D eigenvalue weighted by molar-refractivity contribution is 0.0938. The highest BCUT2D eigenvalue weighted by Gasteiger charge is 2.44. The standard InChI is InChI=1S/C18H23N3O4S/c1-13-7-15(20-25-13)9-21-10-17-14(12-24-18(17)11-21)8-19-26(22,23)16-5-3-2-4-6-16/h2-7,14,17-19H,8-12H2,1H3/t14-,17+,18+/m0/s1. The monoisotopic (exact) mass is 377 g/mol. The minimum absolute atomic E-state index is 0.161. The highest BCUT2D eigenvalue weighted by atomic mass is 32.2. The van der Waals surface area contributed by atoms with Gasteiger partial charge in [0.2, 0.25) is 10.0 Å². The number of hydrogen-bond donors (Lipinski definition) is 1. The van der Waals surface area contributed by atoms with E-state index >= 15 is 0 Å². The third-order valence-corrected chi connectivity index (χ3v) is 6.61.